The van der Waals surface area contributed by atoms with Crippen molar-refractivity contribution >= 4 is 5.69 Å². The SMILES string of the molecule is CC(C)CCNc1cccnc1C#N. The number of nitrogens with zero attached hydrogens (tertiary/aromatic N) is 2. The van der Waals surface area contributed by atoms with Crippen LogP contribution in [-0.2, 0) is 0 Å². The zero-order chi connectivity index (χ0) is 10.4. The summed E-state index contributed by atoms with van der Waals surface area (Å²) in [5.74, 6) is 0.671. The van der Waals surface area contributed by atoms with Gasteiger partial charge in [-0.05, 0) is 24.5 Å². The van der Waals surface area contributed by atoms with Gasteiger partial charge in [-0.3, -0.25) is 0 Å². The minimum Gasteiger partial charge on any atom is -0.383 e. The van der Waals surface area contributed by atoms with Gasteiger partial charge >= 0.3 is 0 Å². The second kappa shape index (κ2) is 5.23. The van der Waals surface area contributed by atoms with Gasteiger partial charge in [0.1, 0.15) is 6.07 Å². The highest BCUT2D eigenvalue weighted by atomic mass is 14.9. The lowest BCUT2D eigenvalue weighted by Gasteiger charge is -2.08. The quantitative estimate of drug-likeness (QED) is 0.791. The van der Waals surface area contributed by atoms with Crippen molar-refractivity contribution in [3.63, 3.8) is 0 Å². The smallest absolute Gasteiger partial charge is 0.163 e. The Bertz CT molecular complexity index is 326. The average molecular weight is 189 g/mol. The molecule has 1 aromatic heterocycles. The molecular formula is C11H15N3. The number of anilines is 1. The van der Waals surface area contributed by atoms with Crippen LogP contribution in [0.1, 0.15) is 26.0 Å². The van der Waals surface area contributed by atoms with Gasteiger partial charge in [-0.25, -0.2) is 4.98 Å². The van der Waals surface area contributed by atoms with E-state index in [0.29, 0.717) is 11.6 Å². The third kappa shape index (κ3) is 3.06. The number of hydrogen-bond acceptors (Lipinski definition) is 3. The monoisotopic (exact) mass is 189 g/mol. The lowest BCUT2D eigenvalue weighted by molar-refractivity contribution is 0.607. The summed E-state index contributed by atoms with van der Waals surface area (Å²) in [5.41, 5.74) is 1.30. The van der Waals surface area contributed by atoms with Gasteiger partial charge in [0.25, 0.3) is 0 Å². The Morgan fingerprint density at radius 3 is 3.00 bits per heavy atom. The Morgan fingerprint density at radius 1 is 1.57 bits per heavy atom. The first-order chi connectivity index (χ1) is 6.74. The summed E-state index contributed by atoms with van der Waals surface area (Å²) < 4.78 is 0. The molecule has 0 fully saturated rings. The predicted octanol–water partition coefficient (Wildman–Crippen LogP) is 2.41. The highest BCUT2D eigenvalue weighted by Crippen LogP contribution is 2.11. The Morgan fingerprint density at radius 2 is 2.36 bits per heavy atom. The molecule has 0 amide bonds. The molecule has 0 atom stereocenters. The number of aromatic nitrogens is 1. The van der Waals surface area contributed by atoms with E-state index in [2.05, 4.69) is 30.2 Å². The van der Waals surface area contributed by atoms with E-state index in [9.17, 15) is 0 Å². The van der Waals surface area contributed by atoms with Crippen LogP contribution >= 0.6 is 0 Å². The maximum absolute atomic E-state index is 8.77. The van der Waals surface area contributed by atoms with Crippen molar-refractivity contribution in [3.05, 3.63) is 24.0 Å². The Balaban J connectivity index is 2.54. The molecule has 0 spiro atoms. The van der Waals surface area contributed by atoms with Crippen molar-refractivity contribution in [1.82, 2.24) is 4.98 Å². The van der Waals surface area contributed by atoms with Crippen molar-refractivity contribution in [3.8, 4) is 6.07 Å². The number of rotatable bonds is 4. The van der Waals surface area contributed by atoms with E-state index >= 15 is 0 Å². The second-order valence-corrected chi connectivity index (χ2v) is 3.62. The Hall–Kier alpha value is -1.56. The van der Waals surface area contributed by atoms with Crippen molar-refractivity contribution < 1.29 is 0 Å². The molecule has 3 heteroatoms. The molecule has 14 heavy (non-hydrogen) atoms. The summed E-state index contributed by atoms with van der Waals surface area (Å²) in [7, 11) is 0. The van der Waals surface area contributed by atoms with Gasteiger partial charge in [-0.15, -0.1) is 0 Å². The maximum Gasteiger partial charge on any atom is 0.163 e. The van der Waals surface area contributed by atoms with E-state index in [4.69, 9.17) is 5.26 Å². The summed E-state index contributed by atoms with van der Waals surface area (Å²) in [5, 5.41) is 12.0. The lowest BCUT2D eigenvalue weighted by atomic mass is 10.1. The van der Waals surface area contributed by atoms with Gasteiger partial charge in [-0.1, -0.05) is 13.8 Å². The minimum atomic E-state index is 0.469. The summed E-state index contributed by atoms with van der Waals surface area (Å²) in [4.78, 5) is 3.97. The van der Waals surface area contributed by atoms with Crippen molar-refractivity contribution in [1.29, 1.82) is 5.26 Å². The van der Waals surface area contributed by atoms with Crippen LogP contribution in [0.4, 0.5) is 5.69 Å². The van der Waals surface area contributed by atoms with E-state index in [0.717, 1.165) is 18.7 Å². The highest BCUT2D eigenvalue weighted by Gasteiger charge is 2.00. The molecule has 0 aliphatic carbocycles. The summed E-state index contributed by atoms with van der Waals surface area (Å²) in [6, 6.07) is 5.77. The van der Waals surface area contributed by atoms with Gasteiger partial charge in [0.05, 0.1) is 5.69 Å². The van der Waals surface area contributed by atoms with Gasteiger partial charge < -0.3 is 5.32 Å². The fourth-order valence-corrected chi connectivity index (χ4v) is 1.13. The minimum absolute atomic E-state index is 0.469. The second-order valence-electron chi connectivity index (χ2n) is 3.62. The Kier molecular flexibility index (Phi) is 3.93. The standard InChI is InChI=1S/C11H15N3/c1-9(2)5-7-14-10-4-3-6-13-11(10)8-12/h3-4,6,9,14H,5,7H2,1-2H3. The molecule has 0 unspecified atom stereocenters. The number of nitriles is 1. The first-order valence-corrected chi connectivity index (χ1v) is 4.83. The van der Waals surface area contributed by atoms with Crippen molar-refractivity contribution in [2.75, 3.05) is 11.9 Å². The molecular weight excluding hydrogens is 174 g/mol. The molecule has 1 N–H and O–H groups in total. The van der Waals surface area contributed by atoms with E-state index < -0.39 is 0 Å². The van der Waals surface area contributed by atoms with Gasteiger partial charge in [0, 0.05) is 12.7 Å². The van der Waals surface area contributed by atoms with Crippen LogP contribution in [0.5, 0.6) is 0 Å². The molecule has 0 aliphatic heterocycles. The molecule has 74 valence electrons. The van der Waals surface area contributed by atoms with E-state index in [1.807, 2.05) is 12.1 Å². The molecule has 1 rings (SSSR count). The molecule has 1 heterocycles. The molecule has 0 aromatic carbocycles. The molecule has 3 nitrogen and oxygen atoms in total. The zero-order valence-electron chi connectivity index (χ0n) is 8.62. The lowest BCUT2D eigenvalue weighted by Crippen LogP contribution is -2.06. The van der Waals surface area contributed by atoms with E-state index in [1.54, 1.807) is 6.20 Å². The predicted molar refractivity (Wildman–Crippen MR) is 56.9 cm³/mol. The normalized spacial score (nSPS) is 9.86. The molecule has 1 aromatic rings. The third-order valence-corrected chi connectivity index (χ3v) is 1.95. The Labute approximate surface area is 84.8 Å². The van der Waals surface area contributed by atoms with Crippen LogP contribution < -0.4 is 5.32 Å². The first kappa shape index (κ1) is 10.5. The largest absolute Gasteiger partial charge is 0.383 e. The number of pyridine rings is 1. The van der Waals surface area contributed by atoms with Crippen LogP contribution in [0.15, 0.2) is 18.3 Å². The molecule has 0 saturated heterocycles. The van der Waals surface area contributed by atoms with Crippen LogP contribution in [0, 0.1) is 17.2 Å². The van der Waals surface area contributed by atoms with Gasteiger partial charge in [0.2, 0.25) is 0 Å². The summed E-state index contributed by atoms with van der Waals surface area (Å²) in [6.07, 6.45) is 2.73. The third-order valence-electron chi connectivity index (χ3n) is 1.95. The van der Waals surface area contributed by atoms with Crippen LogP contribution in [0.2, 0.25) is 0 Å². The molecule has 0 radical (unpaired) electrons. The fraction of sp³-hybridized carbons (Fsp3) is 0.455. The van der Waals surface area contributed by atoms with Crippen molar-refractivity contribution in [2.24, 2.45) is 5.92 Å². The van der Waals surface area contributed by atoms with Crippen LogP contribution in [-0.4, -0.2) is 11.5 Å². The van der Waals surface area contributed by atoms with Gasteiger partial charge in [0.15, 0.2) is 5.69 Å². The number of nitrogens with one attached hydrogen (secondary N) is 1. The summed E-state index contributed by atoms with van der Waals surface area (Å²) >= 11 is 0. The first-order valence-electron chi connectivity index (χ1n) is 4.83. The van der Waals surface area contributed by atoms with Crippen LogP contribution in [0.25, 0.3) is 0 Å². The number of hydrogen-bond donors (Lipinski definition) is 1. The van der Waals surface area contributed by atoms with E-state index in [1.165, 1.54) is 0 Å². The molecule has 0 aliphatic rings. The summed E-state index contributed by atoms with van der Waals surface area (Å²) in [6.45, 7) is 5.24. The fourth-order valence-electron chi connectivity index (χ4n) is 1.13. The topological polar surface area (TPSA) is 48.7 Å². The van der Waals surface area contributed by atoms with Crippen molar-refractivity contribution in [2.45, 2.75) is 20.3 Å². The van der Waals surface area contributed by atoms with Gasteiger partial charge in [-0.2, -0.15) is 5.26 Å². The highest BCUT2D eigenvalue weighted by molar-refractivity contribution is 5.53. The molecule has 0 bridgehead atoms. The molecule has 0 saturated carbocycles. The maximum atomic E-state index is 8.77. The average Bonchev–Trinajstić information content (AvgIpc) is 2.18. The zero-order valence-corrected chi connectivity index (χ0v) is 8.62. The van der Waals surface area contributed by atoms with E-state index in [-0.39, 0.29) is 0 Å². The van der Waals surface area contributed by atoms with Crippen LogP contribution in [0.3, 0.4) is 0 Å².